The molecule has 3 rings (SSSR count). The molecule has 0 spiro atoms. The molecule has 5 heteroatoms. The summed E-state index contributed by atoms with van der Waals surface area (Å²) >= 11 is 1.87. The molecule has 0 aromatic heterocycles. The zero-order valence-electron chi connectivity index (χ0n) is 13.9. The number of hydrogen-bond donors (Lipinski definition) is 2. The summed E-state index contributed by atoms with van der Waals surface area (Å²) in [5.41, 5.74) is 2.47. The zero-order valence-corrected chi connectivity index (χ0v) is 14.7. The molecule has 0 radical (unpaired) electrons. The molecule has 0 saturated heterocycles. The maximum atomic E-state index is 12.5. The van der Waals surface area contributed by atoms with Crippen molar-refractivity contribution in [2.75, 3.05) is 19.3 Å². The van der Waals surface area contributed by atoms with E-state index in [1.54, 1.807) is 4.90 Å². The van der Waals surface area contributed by atoms with Crippen LogP contribution in [0.2, 0.25) is 0 Å². The lowest BCUT2D eigenvalue weighted by Crippen LogP contribution is -2.43. The van der Waals surface area contributed by atoms with Gasteiger partial charge in [0.25, 0.3) is 0 Å². The SMILES string of the molecule is Cc1ccc2c(c1)[C@H](NC(=O)N(C)C[C@@H]1CCC[C@H]1O)CCS2. The number of urea groups is 1. The number of aliphatic hydroxyl groups excluding tert-OH is 1. The molecule has 0 bridgehead atoms. The molecular weight excluding hydrogens is 308 g/mol. The van der Waals surface area contributed by atoms with Crippen LogP contribution in [0.25, 0.3) is 0 Å². The Kier molecular flexibility index (Phi) is 5.17. The predicted octanol–water partition coefficient (Wildman–Crippen LogP) is 3.33. The summed E-state index contributed by atoms with van der Waals surface area (Å²) in [6.45, 7) is 2.72. The van der Waals surface area contributed by atoms with E-state index in [-0.39, 0.29) is 24.1 Å². The molecule has 23 heavy (non-hydrogen) atoms. The van der Waals surface area contributed by atoms with Crippen molar-refractivity contribution in [3.63, 3.8) is 0 Å². The van der Waals surface area contributed by atoms with E-state index in [1.165, 1.54) is 16.0 Å². The van der Waals surface area contributed by atoms with Crippen LogP contribution in [0, 0.1) is 12.8 Å². The number of rotatable bonds is 3. The Morgan fingerprint density at radius 2 is 2.22 bits per heavy atom. The van der Waals surface area contributed by atoms with Gasteiger partial charge >= 0.3 is 6.03 Å². The molecule has 1 aromatic carbocycles. The largest absolute Gasteiger partial charge is 0.393 e. The molecule has 126 valence electrons. The summed E-state index contributed by atoms with van der Waals surface area (Å²) in [7, 11) is 1.83. The van der Waals surface area contributed by atoms with Crippen LogP contribution in [0.5, 0.6) is 0 Å². The molecule has 1 aliphatic heterocycles. The molecule has 1 heterocycles. The lowest BCUT2D eigenvalue weighted by Gasteiger charge is -2.30. The summed E-state index contributed by atoms with van der Waals surface area (Å²) in [4.78, 5) is 15.5. The minimum absolute atomic E-state index is 0.0338. The molecule has 1 aromatic rings. The number of thioether (sulfide) groups is 1. The quantitative estimate of drug-likeness (QED) is 0.891. The van der Waals surface area contributed by atoms with Gasteiger partial charge in [-0.3, -0.25) is 0 Å². The van der Waals surface area contributed by atoms with Crippen molar-refractivity contribution in [1.29, 1.82) is 0 Å². The number of hydrogen-bond acceptors (Lipinski definition) is 3. The molecule has 0 unspecified atom stereocenters. The summed E-state index contributed by atoms with van der Waals surface area (Å²) in [6.07, 6.45) is 3.66. The lowest BCUT2D eigenvalue weighted by atomic mass is 10.0. The van der Waals surface area contributed by atoms with Crippen LogP contribution in [0.4, 0.5) is 4.79 Å². The molecule has 1 fully saturated rings. The Morgan fingerprint density at radius 3 is 2.96 bits per heavy atom. The van der Waals surface area contributed by atoms with E-state index in [4.69, 9.17) is 0 Å². The summed E-state index contributed by atoms with van der Waals surface area (Å²) in [5.74, 6) is 1.26. The van der Waals surface area contributed by atoms with Crippen molar-refractivity contribution in [1.82, 2.24) is 10.2 Å². The third-order valence-electron chi connectivity index (χ3n) is 4.98. The smallest absolute Gasteiger partial charge is 0.317 e. The highest BCUT2D eigenvalue weighted by atomic mass is 32.2. The van der Waals surface area contributed by atoms with Crippen LogP contribution < -0.4 is 5.32 Å². The number of nitrogens with zero attached hydrogens (tertiary/aromatic N) is 1. The van der Waals surface area contributed by atoms with E-state index in [1.807, 2.05) is 18.8 Å². The summed E-state index contributed by atoms with van der Waals surface area (Å²) < 4.78 is 0. The number of aryl methyl sites for hydroxylation is 1. The number of carbonyl (C=O) groups excluding carboxylic acids is 1. The monoisotopic (exact) mass is 334 g/mol. The van der Waals surface area contributed by atoms with Gasteiger partial charge in [-0.05, 0) is 37.8 Å². The highest BCUT2D eigenvalue weighted by Gasteiger charge is 2.29. The standard InChI is InChI=1S/C18H26N2O2S/c1-12-6-7-17-14(10-12)15(8-9-23-17)19-18(22)20(2)11-13-4-3-5-16(13)21/h6-7,10,13,15-16,21H,3-5,8-9,11H2,1-2H3,(H,19,22)/t13-,15+,16+/m0/s1. The zero-order chi connectivity index (χ0) is 16.4. The van der Waals surface area contributed by atoms with Gasteiger partial charge in [-0.2, -0.15) is 0 Å². The second-order valence-corrected chi connectivity index (χ2v) is 7.96. The van der Waals surface area contributed by atoms with E-state index in [0.29, 0.717) is 6.54 Å². The molecule has 2 aliphatic rings. The van der Waals surface area contributed by atoms with Gasteiger partial charge in [-0.25, -0.2) is 4.79 Å². The van der Waals surface area contributed by atoms with Crippen molar-refractivity contribution in [3.8, 4) is 0 Å². The Labute approximate surface area is 142 Å². The third-order valence-corrected chi connectivity index (χ3v) is 6.10. The van der Waals surface area contributed by atoms with Crippen molar-refractivity contribution < 1.29 is 9.90 Å². The van der Waals surface area contributed by atoms with Crippen LogP contribution >= 0.6 is 11.8 Å². The van der Waals surface area contributed by atoms with Crippen molar-refractivity contribution in [3.05, 3.63) is 29.3 Å². The van der Waals surface area contributed by atoms with Crippen molar-refractivity contribution in [2.45, 2.75) is 49.6 Å². The van der Waals surface area contributed by atoms with Crippen LogP contribution in [0.1, 0.15) is 42.9 Å². The number of carbonyl (C=O) groups is 1. The van der Waals surface area contributed by atoms with Gasteiger partial charge in [0.15, 0.2) is 0 Å². The third kappa shape index (κ3) is 3.83. The van der Waals surface area contributed by atoms with Crippen molar-refractivity contribution >= 4 is 17.8 Å². The average Bonchev–Trinajstić information content (AvgIpc) is 2.93. The second-order valence-electron chi connectivity index (χ2n) is 6.82. The van der Waals surface area contributed by atoms with Gasteiger partial charge in [0.1, 0.15) is 0 Å². The Bertz CT molecular complexity index is 578. The first kappa shape index (κ1) is 16.7. The van der Waals surface area contributed by atoms with E-state index in [2.05, 4.69) is 30.4 Å². The average molecular weight is 334 g/mol. The fourth-order valence-corrected chi connectivity index (χ4v) is 4.69. The number of nitrogens with one attached hydrogen (secondary N) is 1. The first-order valence-corrected chi connectivity index (χ1v) is 9.46. The van der Waals surface area contributed by atoms with E-state index >= 15 is 0 Å². The van der Waals surface area contributed by atoms with Gasteiger partial charge in [0, 0.05) is 30.2 Å². The second kappa shape index (κ2) is 7.14. The molecule has 2 N–H and O–H groups in total. The Morgan fingerprint density at radius 1 is 1.39 bits per heavy atom. The van der Waals surface area contributed by atoms with Gasteiger partial charge in [-0.1, -0.05) is 24.1 Å². The van der Waals surface area contributed by atoms with E-state index in [9.17, 15) is 9.90 Å². The number of amides is 2. The van der Waals surface area contributed by atoms with E-state index in [0.717, 1.165) is 31.4 Å². The Balaban J connectivity index is 1.63. The number of fused-ring (bicyclic) bond motifs is 1. The minimum Gasteiger partial charge on any atom is -0.393 e. The van der Waals surface area contributed by atoms with Gasteiger partial charge in [0.05, 0.1) is 12.1 Å². The van der Waals surface area contributed by atoms with Crippen LogP contribution in [0.15, 0.2) is 23.1 Å². The van der Waals surface area contributed by atoms with Gasteiger partial charge < -0.3 is 15.3 Å². The minimum atomic E-state index is -0.250. The van der Waals surface area contributed by atoms with Gasteiger partial charge in [0.2, 0.25) is 0 Å². The first-order valence-electron chi connectivity index (χ1n) is 8.47. The van der Waals surface area contributed by atoms with Crippen molar-refractivity contribution in [2.24, 2.45) is 5.92 Å². The van der Waals surface area contributed by atoms with Gasteiger partial charge in [-0.15, -0.1) is 11.8 Å². The summed E-state index contributed by atoms with van der Waals surface area (Å²) in [5, 5.41) is 13.1. The maximum absolute atomic E-state index is 12.5. The topological polar surface area (TPSA) is 52.6 Å². The highest BCUT2D eigenvalue weighted by molar-refractivity contribution is 7.99. The Hall–Kier alpha value is -1.20. The predicted molar refractivity (Wildman–Crippen MR) is 93.8 cm³/mol. The molecule has 1 saturated carbocycles. The highest BCUT2D eigenvalue weighted by Crippen LogP contribution is 2.36. The van der Waals surface area contributed by atoms with Crippen LogP contribution in [-0.4, -0.2) is 41.5 Å². The van der Waals surface area contributed by atoms with Crippen LogP contribution in [-0.2, 0) is 0 Å². The molecule has 4 nitrogen and oxygen atoms in total. The number of benzene rings is 1. The number of aliphatic hydroxyl groups is 1. The fourth-order valence-electron chi connectivity index (χ4n) is 3.59. The lowest BCUT2D eigenvalue weighted by molar-refractivity contribution is 0.113. The maximum Gasteiger partial charge on any atom is 0.317 e. The molecule has 3 atom stereocenters. The fraction of sp³-hybridized carbons (Fsp3) is 0.611. The van der Waals surface area contributed by atoms with Crippen LogP contribution in [0.3, 0.4) is 0 Å². The summed E-state index contributed by atoms with van der Waals surface area (Å²) in [6, 6.07) is 6.53. The van der Waals surface area contributed by atoms with E-state index < -0.39 is 0 Å². The first-order chi connectivity index (χ1) is 11.0. The molecule has 2 amide bonds. The molecular formula is C18H26N2O2S. The normalized spacial score (nSPS) is 26.7. The molecule has 1 aliphatic carbocycles.